The van der Waals surface area contributed by atoms with E-state index in [0.717, 1.165) is 13.0 Å². The highest BCUT2D eigenvalue weighted by Crippen LogP contribution is 2.34. The van der Waals surface area contributed by atoms with Crippen LogP contribution in [0.5, 0.6) is 0 Å². The summed E-state index contributed by atoms with van der Waals surface area (Å²) < 4.78 is 1.92. The molecule has 0 saturated carbocycles. The number of thiophene rings is 1. The standard InChI is InChI=1S/C17H27N3S/c1-5-8-15(18-11-6-2)17-10-9-16(21-17)13-12-20(4)19-14(13)7-3/h9-10,12,15,18H,5-8,11H2,1-4H3. The van der Waals surface area contributed by atoms with Gasteiger partial charge in [0.15, 0.2) is 0 Å². The molecule has 1 unspecified atom stereocenters. The topological polar surface area (TPSA) is 29.9 Å². The van der Waals surface area contributed by atoms with Crippen molar-refractivity contribution in [2.45, 2.75) is 52.5 Å². The van der Waals surface area contributed by atoms with Gasteiger partial charge in [-0.1, -0.05) is 27.2 Å². The van der Waals surface area contributed by atoms with Crippen molar-refractivity contribution in [3.05, 3.63) is 28.9 Å². The third-order valence-electron chi connectivity index (χ3n) is 3.69. The molecule has 2 heterocycles. The minimum absolute atomic E-state index is 0.496. The first kappa shape index (κ1) is 16.2. The molecule has 2 rings (SSSR count). The van der Waals surface area contributed by atoms with Crippen molar-refractivity contribution < 1.29 is 0 Å². The Bertz CT molecular complexity index is 556. The molecular formula is C17H27N3S. The van der Waals surface area contributed by atoms with E-state index in [1.54, 1.807) is 0 Å². The molecule has 0 fully saturated rings. The Kier molecular flexibility index (Phi) is 6.00. The summed E-state index contributed by atoms with van der Waals surface area (Å²) in [6.45, 7) is 7.73. The summed E-state index contributed by atoms with van der Waals surface area (Å²) >= 11 is 1.91. The Morgan fingerprint density at radius 2 is 2.05 bits per heavy atom. The predicted octanol–water partition coefficient (Wildman–Crippen LogP) is 4.55. The van der Waals surface area contributed by atoms with Gasteiger partial charge in [-0.15, -0.1) is 11.3 Å². The Morgan fingerprint density at radius 3 is 2.71 bits per heavy atom. The number of hydrogen-bond donors (Lipinski definition) is 1. The summed E-state index contributed by atoms with van der Waals surface area (Å²) in [5.41, 5.74) is 2.49. The van der Waals surface area contributed by atoms with E-state index < -0.39 is 0 Å². The van der Waals surface area contributed by atoms with Crippen LogP contribution in [0.15, 0.2) is 18.3 Å². The smallest absolute Gasteiger partial charge is 0.0708 e. The second-order valence-electron chi connectivity index (χ2n) is 5.51. The zero-order valence-electron chi connectivity index (χ0n) is 13.6. The average molecular weight is 305 g/mol. The Balaban J connectivity index is 2.22. The molecule has 2 aromatic heterocycles. The molecule has 0 aliphatic heterocycles. The van der Waals surface area contributed by atoms with Crippen molar-refractivity contribution in [3.63, 3.8) is 0 Å². The van der Waals surface area contributed by atoms with Crippen molar-refractivity contribution in [2.75, 3.05) is 6.54 Å². The van der Waals surface area contributed by atoms with Crippen LogP contribution in [-0.2, 0) is 13.5 Å². The van der Waals surface area contributed by atoms with Crippen LogP contribution >= 0.6 is 11.3 Å². The van der Waals surface area contributed by atoms with E-state index in [4.69, 9.17) is 0 Å². The van der Waals surface area contributed by atoms with Crippen molar-refractivity contribution >= 4 is 11.3 Å². The quantitative estimate of drug-likeness (QED) is 0.775. The van der Waals surface area contributed by atoms with Crippen molar-refractivity contribution in [1.29, 1.82) is 0 Å². The van der Waals surface area contributed by atoms with Crippen LogP contribution in [0, 0.1) is 0 Å². The maximum absolute atomic E-state index is 4.55. The molecular weight excluding hydrogens is 278 g/mol. The van der Waals surface area contributed by atoms with E-state index in [-0.39, 0.29) is 0 Å². The molecule has 1 atom stereocenters. The lowest BCUT2D eigenvalue weighted by atomic mass is 10.1. The third kappa shape index (κ3) is 3.95. The van der Waals surface area contributed by atoms with Gasteiger partial charge in [0, 0.05) is 34.6 Å². The normalized spacial score (nSPS) is 12.8. The predicted molar refractivity (Wildman–Crippen MR) is 91.8 cm³/mol. The van der Waals surface area contributed by atoms with E-state index in [0.29, 0.717) is 6.04 Å². The van der Waals surface area contributed by atoms with Gasteiger partial charge < -0.3 is 5.32 Å². The number of rotatable bonds is 8. The van der Waals surface area contributed by atoms with Crippen LogP contribution in [0.3, 0.4) is 0 Å². The van der Waals surface area contributed by atoms with Crippen LogP contribution in [0.4, 0.5) is 0 Å². The molecule has 116 valence electrons. The number of hydrogen-bond acceptors (Lipinski definition) is 3. The number of nitrogens with zero attached hydrogens (tertiary/aromatic N) is 2. The monoisotopic (exact) mass is 305 g/mol. The first-order valence-electron chi connectivity index (χ1n) is 8.05. The lowest BCUT2D eigenvalue weighted by molar-refractivity contribution is 0.501. The maximum atomic E-state index is 4.55. The molecule has 0 radical (unpaired) electrons. The molecule has 1 N–H and O–H groups in total. The van der Waals surface area contributed by atoms with Gasteiger partial charge in [-0.05, 0) is 37.9 Å². The van der Waals surface area contributed by atoms with Gasteiger partial charge in [-0.3, -0.25) is 4.68 Å². The summed E-state index contributed by atoms with van der Waals surface area (Å²) in [6.07, 6.45) is 6.72. The molecule has 2 aromatic rings. The first-order chi connectivity index (χ1) is 10.2. The molecule has 0 aliphatic rings. The molecule has 0 spiro atoms. The fourth-order valence-corrected chi connectivity index (χ4v) is 3.79. The van der Waals surface area contributed by atoms with E-state index in [9.17, 15) is 0 Å². The van der Waals surface area contributed by atoms with Gasteiger partial charge in [0.1, 0.15) is 0 Å². The lowest BCUT2D eigenvalue weighted by Crippen LogP contribution is -2.21. The summed E-state index contributed by atoms with van der Waals surface area (Å²) in [7, 11) is 2.00. The van der Waals surface area contributed by atoms with Gasteiger partial charge in [0.2, 0.25) is 0 Å². The molecule has 4 heteroatoms. The summed E-state index contributed by atoms with van der Waals surface area (Å²) in [5, 5.41) is 8.23. The molecule has 0 amide bonds. The van der Waals surface area contributed by atoms with Gasteiger partial charge >= 0.3 is 0 Å². The molecule has 21 heavy (non-hydrogen) atoms. The first-order valence-corrected chi connectivity index (χ1v) is 8.87. The van der Waals surface area contributed by atoms with E-state index in [1.807, 2.05) is 23.1 Å². The minimum atomic E-state index is 0.496. The fourth-order valence-electron chi connectivity index (χ4n) is 2.64. The molecule has 0 bridgehead atoms. The molecule has 0 aromatic carbocycles. The third-order valence-corrected chi connectivity index (χ3v) is 4.93. The van der Waals surface area contributed by atoms with Crippen LogP contribution < -0.4 is 5.32 Å². The SMILES string of the molecule is CCCNC(CCC)c1ccc(-c2cn(C)nc2CC)s1. The van der Waals surface area contributed by atoms with Crippen LogP contribution in [-0.4, -0.2) is 16.3 Å². The molecule has 3 nitrogen and oxygen atoms in total. The van der Waals surface area contributed by atoms with Gasteiger partial charge in [-0.25, -0.2) is 0 Å². The maximum Gasteiger partial charge on any atom is 0.0708 e. The molecule has 0 saturated heterocycles. The number of nitrogens with one attached hydrogen (secondary N) is 1. The second kappa shape index (κ2) is 7.76. The highest BCUT2D eigenvalue weighted by molar-refractivity contribution is 7.15. The van der Waals surface area contributed by atoms with Gasteiger partial charge in [0.05, 0.1) is 5.69 Å². The Hall–Kier alpha value is -1.13. The second-order valence-corrected chi connectivity index (χ2v) is 6.63. The Labute approximate surface area is 132 Å². The van der Waals surface area contributed by atoms with E-state index >= 15 is 0 Å². The van der Waals surface area contributed by atoms with Crippen molar-refractivity contribution in [2.24, 2.45) is 7.05 Å². The van der Waals surface area contributed by atoms with Gasteiger partial charge in [-0.2, -0.15) is 5.10 Å². The van der Waals surface area contributed by atoms with Gasteiger partial charge in [0.25, 0.3) is 0 Å². The van der Waals surface area contributed by atoms with Crippen LogP contribution in [0.1, 0.15) is 56.6 Å². The molecule has 0 aliphatic carbocycles. The van der Waals surface area contributed by atoms with Crippen LogP contribution in [0.2, 0.25) is 0 Å². The fraction of sp³-hybridized carbons (Fsp3) is 0.588. The zero-order valence-corrected chi connectivity index (χ0v) is 14.5. The van der Waals surface area contributed by atoms with Crippen molar-refractivity contribution in [3.8, 4) is 10.4 Å². The van der Waals surface area contributed by atoms with Crippen molar-refractivity contribution in [1.82, 2.24) is 15.1 Å². The average Bonchev–Trinajstić information content (AvgIpc) is 3.09. The number of aromatic nitrogens is 2. The largest absolute Gasteiger partial charge is 0.309 e. The highest BCUT2D eigenvalue weighted by Gasteiger charge is 2.15. The summed E-state index contributed by atoms with van der Waals surface area (Å²) in [5.74, 6) is 0. The number of aryl methyl sites for hydroxylation is 2. The van der Waals surface area contributed by atoms with Crippen LogP contribution in [0.25, 0.3) is 10.4 Å². The highest BCUT2D eigenvalue weighted by atomic mass is 32.1. The summed E-state index contributed by atoms with van der Waals surface area (Å²) in [4.78, 5) is 2.79. The van der Waals surface area contributed by atoms with E-state index in [1.165, 1.54) is 40.3 Å². The summed E-state index contributed by atoms with van der Waals surface area (Å²) in [6, 6.07) is 5.04. The zero-order chi connectivity index (χ0) is 15.2. The van der Waals surface area contributed by atoms with E-state index in [2.05, 4.69) is 49.5 Å². The Morgan fingerprint density at radius 1 is 1.24 bits per heavy atom. The lowest BCUT2D eigenvalue weighted by Gasteiger charge is -2.16. The minimum Gasteiger partial charge on any atom is -0.309 e.